The molecule has 2 fully saturated rings. The number of piperazine rings is 1. The van der Waals surface area contributed by atoms with Crippen LogP contribution in [-0.4, -0.2) is 83.8 Å². The Kier molecular flexibility index (Phi) is 8.01. The molecule has 0 radical (unpaired) electrons. The number of thioether (sulfide) groups is 1. The lowest BCUT2D eigenvalue weighted by atomic mass is 10.1. The smallest absolute Gasteiger partial charge is 0.254 e. The first kappa shape index (κ1) is 23.7. The lowest BCUT2D eigenvalue weighted by Crippen LogP contribution is -2.50. The van der Waals surface area contributed by atoms with Gasteiger partial charge in [0.1, 0.15) is 5.82 Å². The van der Waals surface area contributed by atoms with Crippen LogP contribution in [0.3, 0.4) is 0 Å². The molecule has 2 saturated heterocycles. The van der Waals surface area contributed by atoms with E-state index >= 15 is 0 Å². The third kappa shape index (κ3) is 6.56. The van der Waals surface area contributed by atoms with Crippen molar-refractivity contribution in [2.24, 2.45) is 0 Å². The summed E-state index contributed by atoms with van der Waals surface area (Å²) in [5, 5.41) is 3.01. The second-order valence-electron chi connectivity index (χ2n) is 8.67. The van der Waals surface area contributed by atoms with Gasteiger partial charge in [0, 0.05) is 68.6 Å². The van der Waals surface area contributed by atoms with Crippen LogP contribution in [0.25, 0.3) is 0 Å². The zero-order chi connectivity index (χ0) is 23.2. The Labute approximate surface area is 199 Å². The van der Waals surface area contributed by atoms with Crippen LogP contribution in [-0.2, 0) is 11.3 Å². The number of halogens is 1. The number of aryl methyl sites for hydroxylation is 1. The van der Waals surface area contributed by atoms with Gasteiger partial charge in [0.2, 0.25) is 5.91 Å². The van der Waals surface area contributed by atoms with Crippen LogP contribution in [0.5, 0.6) is 0 Å². The summed E-state index contributed by atoms with van der Waals surface area (Å²) in [6.45, 7) is 7.35. The molecule has 0 saturated carbocycles. The maximum absolute atomic E-state index is 13.8. The van der Waals surface area contributed by atoms with Crippen molar-refractivity contribution in [1.29, 1.82) is 0 Å². The Morgan fingerprint density at radius 2 is 1.73 bits per heavy atom. The van der Waals surface area contributed by atoms with Crippen molar-refractivity contribution < 1.29 is 14.0 Å². The quantitative estimate of drug-likeness (QED) is 0.703. The third-order valence-corrected chi connectivity index (χ3v) is 7.11. The molecule has 0 aromatic heterocycles. The van der Waals surface area contributed by atoms with E-state index in [1.54, 1.807) is 24.0 Å². The fraction of sp³-hybridized carbons (Fsp3) is 0.440. The van der Waals surface area contributed by atoms with E-state index < -0.39 is 0 Å². The molecule has 0 spiro atoms. The average Bonchev–Trinajstić information content (AvgIpc) is 2.82. The molecule has 2 aromatic carbocycles. The molecule has 33 heavy (non-hydrogen) atoms. The van der Waals surface area contributed by atoms with Crippen LogP contribution in [0.2, 0.25) is 0 Å². The number of anilines is 1. The molecule has 176 valence electrons. The summed E-state index contributed by atoms with van der Waals surface area (Å²) in [5.74, 6) is 1.77. The van der Waals surface area contributed by atoms with Gasteiger partial charge in [-0.2, -0.15) is 11.8 Å². The largest absolute Gasteiger partial charge is 0.336 e. The molecule has 2 aromatic rings. The summed E-state index contributed by atoms with van der Waals surface area (Å²) in [4.78, 5) is 31.5. The van der Waals surface area contributed by atoms with Gasteiger partial charge in [0.05, 0.1) is 6.54 Å². The molecule has 6 nitrogen and oxygen atoms in total. The van der Waals surface area contributed by atoms with Gasteiger partial charge in [-0.3, -0.25) is 19.4 Å². The predicted molar refractivity (Wildman–Crippen MR) is 131 cm³/mol. The van der Waals surface area contributed by atoms with Crippen LogP contribution in [0.1, 0.15) is 21.5 Å². The second kappa shape index (κ2) is 11.1. The van der Waals surface area contributed by atoms with Crippen molar-refractivity contribution in [2.45, 2.75) is 13.5 Å². The average molecular weight is 471 g/mol. The van der Waals surface area contributed by atoms with Crippen molar-refractivity contribution in [2.75, 3.05) is 62.6 Å². The van der Waals surface area contributed by atoms with Gasteiger partial charge in [-0.25, -0.2) is 4.39 Å². The molecular formula is C25H31FN4O2S. The fourth-order valence-corrected chi connectivity index (χ4v) is 5.16. The van der Waals surface area contributed by atoms with E-state index in [4.69, 9.17) is 0 Å². The molecule has 0 aliphatic carbocycles. The highest BCUT2D eigenvalue weighted by molar-refractivity contribution is 7.99. The van der Waals surface area contributed by atoms with Crippen molar-refractivity contribution in [1.82, 2.24) is 14.7 Å². The summed E-state index contributed by atoms with van der Waals surface area (Å²) in [7, 11) is 0. The monoisotopic (exact) mass is 470 g/mol. The van der Waals surface area contributed by atoms with Gasteiger partial charge < -0.3 is 10.2 Å². The zero-order valence-corrected chi connectivity index (χ0v) is 19.9. The fourth-order valence-electron chi connectivity index (χ4n) is 4.19. The van der Waals surface area contributed by atoms with Gasteiger partial charge in [0.15, 0.2) is 0 Å². The minimum atomic E-state index is -0.366. The maximum Gasteiger partial charge on any atom is 0.254 e. The number of amides is 2. The zero-order valence-electron chi connectivity index (χ0n) is 19.1. The number of hydrogen-bond acceptors (Lipinski definition) is 5. The first-order chi connectivity index (χ1) is 16.0. The molecule has 0 bridgehead atoms. The van der Waals surface area contributed by atoms with Gasteiger partial charge in [-0.1, -0.05) is 18.2 Å². The van der Waals surface area contributed by atoms with E-state index in [1.165, 1.54) is 23.1 Å². The Bertz CT molecular complexity index is 988. The Morgan fingerprint density at radius 3 is 2.45 bits per heavy atom. The number of nitrogens with one attached hydrogen (secondary N) is 1. The number of benzene rings is 2. The summed E-state index contributed by atoms with van der Waals surface area (Å²) in [5.41, 5.74) is 2.92. The SMILES string of the molecule is Cc1ccc(C(=O)N2CCN(CC(=O)Nc3cccc(CN4CCSCC4)c3)CC2)cc1F. The van der Waals surface area contributed by atoms with E-state index in [-0.39, 0.29) is 24.2 Å². The van der Waals surface area contributed by atoms with Crippen LogP contribution in [0, 0.1) is 12.7 Å². The van der Waals surface area contributed by atoms with Gasteiger partial charge in [-0.05, 0) is 42.3 Å². The molecule has 0 unspecified atom stereocenters. The number of nitrogens with zero attached hydrogens (tertiary/aromatic N) is 3. The molecule has 1 N–H and O–H groups in total. The van der Waals surface area contributed by atoms with Crippen LogP contribution in [0.4, 0.5) is 10.1 Å². The normalized spacial score (nSPS) is 17.7. The molecule has 4 rings (SSSR count). The Balaban J connectivity index is 1.24. The molecule has 2 heterocycles. The van der Waals surface area contributed by atoms with Crippen LogP contribution in [0.15, 0.2) is 42.5 Å². The highest BCUT2D eigenvalue weighted by atomic mass is 32.2. The second-order valence-corrected chi connectivity index (χ2v) is 9.89. The van der Waals surface area contributed by atoms with Crippen LogP contribution < -0.4 is 5.32 Å². The first-order valence-electron chi connectivity index (χ1n) is 11.4. The maximum atomic E-state index is 13.8. The highest BCUT2D eigenvalue weighted by Gasteiger charge is 2.24. The van der Waals surface area contributed by atoms with Gasteiger partial charge in [0.25, 0.3) is 5.91 Å². The number of carbonyl (C=O) groups is 2. The summed E-state index contributed by atoms with van der Waals surface area (Å²) in [6.07, 6.45) is 0. The molecule has 0 atom stereocenters. The van der Waals surface area contributed by atoms with Crippen molar-refractivity contribution in [3.63, 3.8) is 0 Å². The molecule has 2 amide bonds. The topological polar surface area (TPSA) is 55.9 Å². The lowest BCUT2D eigenvalue weighted by molar-refractivity contribution is -0.117. The highest BCUT2D eigenvalue weighted by Crippen LogP contribution is 2.17. The minimum absolute atomic E-state index is 0.0538. The molecule has 2 aliphatic heterocycles. The van der Waals surface area contributed by atoms with Crippen molar-refractivity contribution in [3.8, 4) is 0 Å². The van der Waals surface area contributed by atoms with Crippen molar-refractivity contribution in [3.05, 3.63) is 65.0 Å². The van der Waals surface area contributed by atoms with Crippen LogP contribution >= 0.6 is 11.8 Å². The van der Waals surface area contributed by atoms with E-state index in [2.05, 4.69) is 22.3 Å². The lowest BCUT2D eigenvalue weighted by Gasteiger charge is -2.34. The molecule has 8 heteroatoms. The summed E-state index contributed by atoms with van der Waals surface area (Å²) >= 11 is 2.00. The van der Waals surface area contributed by atoms with E-state index in [1.807, 2.05) is 28.8 Å². The van der Waals surface area contributed by atoms with Gasteiger partial charge >= 0.3 is 0 Å². The van der Waals surface area contributed by atoms with Crippen molar-refractivity contribution >= 4 is 29.3 Å². The molecular weight excluding hydrogens is 439 g/mol. The summed E-state index contributed by atoms with van der Waals surface area (Å²) < 4.78 is 13.8. The third-order valence-electron chi connectivity index (χ3n) is 6.17. The minimum Gasteiger partial charge on any atom is -0.336 e. The number of hydrogen-bond donors (Lipinski definition) is 1. The molecule has 2 aliphatic rings. The Morgan fingerprint density at radius 1 is 0.970 bits per heavy atom. The first-order valence-corrected chi connectivity index (χ1v) is 12.6. The van der Waals surface area contributed by atoms with E-state index in [9.17, 15) is 14.0 Å². The number of rotatable bonds is 6. The predicted octanol–water partition coefficient (Wildman–Crippen LogP) is 3.08. The van der Waals surface area contributed by atoms with Gasteiger partial charge in [-0.15, -0.1) is 0 Å². The van der Waals surface area contributed by atoms with E-state index in [0.717, 1.165) is 25.3 Å². The number of carbonyl (C=O) groups excluding carboxylic acids is 2. The summed E-state index contributed by atoms with van der Waals surface area (Å²) in [6, 6.07) is 12.7. The standard InChI is InChI=1S/C25H31FN4O2S/c1-19-5-6-21(16-23(19)26)25(32)30-9-7-28(8-10-30)18-24(31)27-22-4-2-3-20(15-22)17-29-11-13-33-14-12-29/h2-6,15-16H,7-14,17-18H2,1H3,(H,27,31). The Hall–Kier alpha value is -2.42. The van der Waals surface area contributed by atoms with E-state index in [0.29, 0.717) is 37.3 Å².